The number of hydrogen-bond acceptors (Lipinski definition) is 2. The summed E-state index contributed by atoms with van der Waals surface area (Å²) in [6, 6.07) is 8.90. The monoisotopic (exact) mass is 269 g/mol. The molecule has 2 unspecified atom stereocenters. The Labute approximate surface area is 99.1 Å². The molecule has 1 heterocycles. The number of hydrogen-bond donors (Lipinski definition) is 1. The fraction of sp³-hybridized carbons (Fsp3) is 0.500. The van der Waals surface area contributed by atoms with Gasteiger partial charge in [0.1, 0.15) is 0 Å². The maximum atomic E-state index is 5.51. The van der Waals surface area contributed by atoms with Crippen LogP contribution in [0.25, 0.3) is 0 Å². The number of benzene rings is 1. The highest BCUT2D eigenvalue weighted by atomic mass is 79.9. The van der Waals surface area contributed by atoms with Crippen LogP contribution in [0.15, 0.2) is 28.7 Å². The SMILES string of the molecule is CC1OCCC1NCc1cccc(Br)c1. The van der Waals surface area contributed by atoms with Gasteiger partial charge in [0, 0.05) is 23.7 Å². The van der Waals surface area contributed by atoms with Gasteiger partial charge in [0.2, 0.25) is 0 Å². The Bertz CT molecular complexity index is 329. The Hall–Kier alpha value is -0.380. The first-order valence-electron chi connectivity index (χ1n) is 5.35. The lowest BCUT2D eigenvalue weighted by molar-refractivity contribution is 0.113. The van der Waals surface area contributed by atoms with E-state index in [9.17, 15) is 0 Å². The van der Waals surface area contributed by atoms with E-state index in [2.05, 4.69) is 46.4 Å². The second kappa shape index (κ2) is 5.10. The van der Waals surface area contributed by atoms with Crippen LogP contribution in [0.2, 0.25) is 0 Å². The standard InChI is InChI=1S/C12H16BrNO/c1-9-12(5-6-15-9)14-8-10-3-2-4-11(13)7-10/h2-4,7,9,12,14H,5-6,8H2,1H3. The fourth-order valence-electron chi connectivity index (χ4n) is 1.90. The van der Waals surface area contributed by atoms with Crippen LogP contribution in [0.1, 0.15) is 18.9 Å². The van der Waals surface area contributed by atoms with E-state index in [0.717, 1.165) is 24.0 Å². The van der Waals surface area contributed by atoms with Crippen LogP contribution in [0.3, 0.4) is 0 Å². The maximum Gasteiger partial charge on any atom is 0.0700 e. The van der Waals surface area contributed by atoms with E-state index >= 15 is 0 Å². The van der Waals surface area contributed by atoms with Gasteiger partial charge in [0.15, 0.2) is 0 Å². The van der Waals surface area contributed by atoms with Crippen molar-refractivity contribution < 1.29 is 4.74 Å². The van der Waals surface area contributed by atoms with E-state index in [1.165, 1.54) is 5.56 Å². The Morgan fingerprint density at radius 1 is 1.53 bits per heavy atom. The Morgan fingerprint density at radius 2 is 2.40 bits per heavy atom. The topological polar surface area (TPSA) is 21.3 Å². The lowest BCUT2D eigenvalue weighted by Crippen LogP contribution is -2.34. The van der Waals surface area contributed by atoms with E-state index in [0.29, 0.717) is 12.1 Å². The minimum Gasteiger partial charge on any atom is -0.377 e. The van der Waals surface area contributed by atoms with Crippen LogP contribution < -0.4 is 5.32 Å². The molecule has 1 N–H and O–H groups in total. The maximum absolute atomic E-state index is 5.51. The predicted molar refractivity (Wildman–Crippen MR) is 64.8 cm³/mol. The molecule has 1 aliphatic heterocycles. The predicted octanol–water partition coefficient (Wildman–Crippen LogP) is 2.72. The normalized spacial score (nSPS) is 25.7. The van der Waals surface area contributed by atoms with Crippen LogP contribution in [0.5, 0.6) is 0 Å². The summed E-state index contributed by atoms with van der Waals surface area (Å²) >= 11 is 3.48. The van der Waals surface area contributed by atoms with Crippen molar-refractivity contribution in [2.45, 2.75) is 32.0 Å². The molecule has 1 saturated heterocycles. The Kier molecular flexibility index (Phi) is 3.78. The molecule has 2 rings (SSSR count). The third-order valence-electron chi connectivity index (χ3n) is 2.83. The first-order chi connectivity index (χ1) is 7.25. The van der Waals surface area contributed by atoms with Gasteiger partial charge >= 0.3 is 0 Å². The van der Waals surface area contributed by atoms with Crippen LogP contribution >= 0.6 is 15.9 Å². The summed E-state index contributed by atoms with van der Waals surface area (Å²) in [7, 11) is 0. The summed E-state index contributed by atoms with van der Waals surface area (Å²) < 4.78 is 6.64. The first-order valence-corrected chi connectivity index (χ1v) is 6.14. The van der Waals surface area contributed by atoms with Crippen LogP contribution in [-0.2, 0) is 11.3 Å². The molecular weight excluding hydrogens is 254 g/mol. The average Bonchev–Trinajstić information content (AvgIpc) is 2.61. The van der Waals surface area contributed by atoms with Crippen molar-refractivity contribution >= 4 is 15.9 Å². The zero-order valence-corrected chi connectivity index (χ0v) is 10.5. The van der Waals surface area contributed by atoms with Crippen molar-refractivity contribution in [1.29, 1.82) is 0 Å². The smallest absolute Gasteiger partial charge is 0.0700 e. The molecule has 82 valence electrons. The van der Waals surface area contributed by atoms with Crippen LogP contribution in [-0.4, -0.2) is 18.8 Å². The highest BCUT2D eigenvalue weighted by Crippen LogP contribution is 2.15. The average molecular weight is 270 g/mol. The quantitative estimate of drug-likeness (QED) is 0.911. The Balaban J connectivity index is 1.87. The van der Waals surface area contributed by atoms with E-state index in [1.807, 2.05) is 6.07 Å². The van der Waals surface area contributed by atoms with Crippen LogP contribution in [0, 0.1) is 0 Å². The number of ether oxygens (including phenoxy) is 1. The molecule has 3 heteroatoms. The fourth-order valence-corrected chi connectivity index (χ4v) is 2.34. The molecule has 0 aromatic heterocycles. The molecule has 2 nitrogen and oxygen atoms in total. The summed E-state index contributed by atoms with van der Waals surface area (Å²) in [5.74, 6) is 0. The van der Waals surface area contributed by atoms with E-state index in [-0.39, 0.29) is 0 Å². The van der Waals surface area contributed by atoms with Gasteiger partial charge in [-0.2, -0.15) is 0 Å². The van der Waals surface area contributed by atoms with Crippen LogP contribution in [0.4, 0.5) is 0 Å². The molecule has 2 atom stereocenters. The molecule has 0 bridgehead atoms. The van der Waals surface area contributed by atoms with E-state index < -0.39 is 0 Å². The number of nitrogens with one attached hydrogen (secondary N) is 1. The minimum atomic E-state index is 0.345. The third-order valence-corrected chi connectivity index (χ3v) is 3.33. The molecular formula is C12H16BrNO. The van der Waals surface area contributed by atoms with E-state index in [1.54, 1.807) is 0 Å². The summed E-state index contributed by atoms with van der Waals surface area (Å²) in [5, 5.41) is 3.53. The molecule has 1 aromatic rings. The van der Waals surface area contributed by atoms with Crippen molar-refractivity contribution in [1.82, 2.24) is 5.32 Å². The van der Waals surface area contributed by atoms with Gasteiger partial charge in [0.05, 0.1) is 6.10 Å². The van der Waals surface area contributed by atoms with Crippen molar-refractivity contribution in [2.75, 3.05) is 6.61 Å². The number of rotatable bonds is 3. The molecule has 0 aliphatic carbocycles. The summed E-state index contributed by atoms with van der Waals surface area (Å²) in [6.45, 7) is 3.93. The van der Waals surface area contributed by atoms with Crippen molar-refractivity contribution in [3.8, 4) is 0 Å². The molecule has 0 amide bonds. The summed E-state index contributed by atoms with van der Waals surface area (Å²) in [6.07, 6.45) is 1.46. The molecule has 0 saturated carbocycles. The lowest BCUT2D eigenvalue weighted by atomic mass is 10.1. The second-order valence-electron chi connectivity index (χ2n) is 3.98. The third kappa shape index (κ3) is 3.03. The van der Waals surface area contributed by atoms with Gasteiger partial charge in [0.25, 0.3) is 0 Å². The largest absolute Gasteiger partial charge is 0.377 e. The molecule has 1 aromatic carbocycles. The molecule has 0 radical (unpaired) electrons. The molecule has 1 fully saturated rings. The van der Waals surface area contributed by atoms with E-state index in [4.69, 9.17) is 4.74 Å². The highest BCUT2D eigenvalue weighted by Gasteiger charge is 2.23. The lowest BCUT2D eigenvalue weighted by Gasteiger charge is -2.15. The Morgan fingerprint density at radius 3 is 3.07 bits per heavy atom. The highest BCUT2D eigenvalue weighted by molar-refractivity contribution is 9.10. The van der Waals surface area contributed by atoms with Gasteiger partial charge in [-0.15, -0.1) is 0 Å². The number of halogens is 1. The molecule has 15 heavy (non-hydrogen) atoms. The summed E-state index contributed by atoms with van der Waals surface area (Å²) in [4.78, 5) is 0. The summed E-state index contributed by atoms with van der Waals surface area (Å²) in [5.41, 5.74) is 1.31. The minimum absolute atomic E-state index is 0.345. The zero-order chi connectivity index (χ0) is 10.7. The molecule has 0 spiro atoms. The van der Waals surface area contributed by atoms with Gasteiger partial charge in [-0.3, -0.25) is 0 Å². The first kappa shape index (κ1) is 11.1. The van der Waals surface area contributed by atoms with Gasteiger partial charge in [-0.25, -0.2) is 0 Å². The van der Waals surface area contributed by atoms with Crippen molar-refractivity contribution in [2.24, 2.45) is 0 Å². The van der Waals surface area contributed by atoms with Gasteiger partial charge in [-0.1, -0.05) is 28.1 Å². The van der Waals surface area contributed by atoms with Gasteiger partial charge < -0.3 is 10.1 Å². The molecule has 1 aliphatic rings. The van der Waals surface area contributed by atoms with Gasteiger partial charge in [-0.05, 0) is 31.0 Å². The zero-order valence-electron chi connectivity index (χ0n) is 8.87. The second-order valence-corrected chi connectivity index (χ2v) is 4.90. The van der Waals surface area contributed by atoms with Crippen molar-refractivity contribution in [3.05, 3.63) is 34.3 Å². The van der Waals surface area contributed by atoms with Crippen molar-refractivity contribution in [3.63, 3.8) is 0 Å².